The van der Waals surface area contributed by atoms with Gasteiger partial charge in [0, 0.05) is 11.6 Å². The van der Waals surface area contributed by atoms with E-state index in [1.807, 2.05) is 13.1 Å². The van der Waals surface area contributed by atoms with E-state index >= 15 is 0 Å². The Hall–Kier alpha value is -1.44. The fourth-order valence-electron chi connectivity index (χ4n) is 1.62. The number of nitrogens with zero attached hydrogens (tertiary/aromatic N) is 2. The highest BCUT2D eigenvalue weighted by Gasteiger charge is 1.97. The van der Waals surface area contributed by atoms with E-state index in [9.17, 15) is 0 Å². The van der Waals surface area contributed by atoms with Crippen molar-refractivity contribution in [2.75, 3.05) is 0 Å². The number of aryl methyl sites for hydroxylation is 2. The van der Waals surface area contributed by atoms with Crippen molar-refractivity contribution in [3.05, 3.63) is 35.8 Å². The van der Waals surface area contributed by atoms with E-state index in [4.69, 9.17) is 0 Å². The third-order valence-corrected chi connectivity index (χ3v) is 2.30. The predicted molar refractivity (Wildman–Crippen MR) is 58.3 cm³/mol. The molecule has 0 amide bonds. The van der Waals surface area contributed by atoms with Gasteiger partial charge in [-0.1, -0.05) is 19.4 Å². The first-order chi connectivity index (χ1) is 6.79. The minimum Gasteiger partial charge on any atom is -0.241 e. The number of fused-ring (bicyclic) bond motifs is 1. The summed E-state index contributed by atoms with van der Waals surface area (Å²) >= 11 is 0. The maximum absolute atomic E-state index is 4.37. The minimum absolute atomic E-state index is 0.834. The first kappa shape index (κ1) is 9.13. The molecule has 2 nitrogen and oxygen atoms in total. The Morgan fingerprint density at radius 1 is 1.29 bits per heavy atom. The molecule has 0 aliphatic carbocycles. The van der Waals surface area contributed by atoms with Gasteiger partial charge in [0.15, 0.2) is 0 Å². The lowest BCUT2D eigenvalue weighted by Gasteiger charge is -2.01. The van der Waals surface area contributed by atoms with Crippen molar-refractivity contribution >= 4 is 10.9 Å². The zero-order valence-electron chi connectivity index (χ0n) is 8.62. The van der Waals surface area contributed by atoms with Crippen LogP contribution < -0.4 is 0 Å². The molecule has 0 fully saturated rings. The molecule has 0 aliphatic rings. The van der Waals surface area contributed by atoms with Crippen molar-refractivity contribution in [3.8, 4) is 0 Å². The Morgan fingerprint density at radius 2 is 2.14 bits per heavy atom. The molecule has 14 heavy (non-hydrogen) atoms. The van der Waals surface area contributed by atoms with Gasteiger partial charge in [-0.15, -0.1) is 0 Å². The monoisotopic (exact) mass is 186 g/mol. The maximum Gasteiger partial charge on any atom is 0.125 e. The van der Waals surface area contributed by atoms with Crippen LogP contribution >= 0.6 is 0 Å². The molecule has 1 aromatic carbocycles. The van der Waals surface area contributed by atoms with Gasteiger partial charge in [-0.05, 0) is 31.0 Å². The van der Waals surface area contributed by atoms with Crippen LogP contribution in [0.3, 0.4) is 0 Å². The molecule has 72 valence electrons. The molecule has 0 bridgehead atoms. The average molecular weight is 186 g/mol. The van der Waals surface area contributed by atoms with Crippen LogP contribution in [0.1, 0.15) is 24.7 Å². The van der Waals surface area contributed by atoms with Gasteiger partial charge < -0.3 is 0 Å². The smallest absolute Gasteiger partial charge is 0.125 e. The summed E-state index contributed by atoms with van der Waals surface area (Å²) in [5.74, 6) is 0.834. The van der Waals surface area contributed by atoms with E-state index in [2.05, 4.69) is 35.1 Å². The summed E-state index contributed by atoms with van der Waals surface area (Å²) in [5.41, 5.74) is 2.41. The summed E-state index contributed by atoms with van der Waals surface area (Å²) in [6.45, 7) is 4.11. The zero-order chi connectivity index (χ0) is 9.97. The van der Waals surface area contributed by atoms with Crippen molar-refractivity contribution in [3.63, 3.8) is 0 Å². The van der Waals surface area contributed by atoms with Gasteiger partial charge in [0.1, 0.15) is 5.82 Å². The molecule has 0 unspecified atom stereocenters. The largest absolute Gasteiger partial charge is 0.241 e. The molecule has 0 atom stereocenters. The molecule has 0 saturated carbocycles. The molecular formula is C12H14N2. The number of rotatable bonds is 2. The van der Waals surface area contributed by atoms with Gasteiger partial charge in [-0.2, -0.15) is 0 Å². The van der Waals surface area contributed by atoms with Crippen LogP contribution in [-0.4, -0.2) is 9.97 Å². The molecule has 2 rings (SSSR count). The summed E-state index contributed by atoms with van der Waals surface area (Å²) in [6, 6.07) is 6.41. The van der Waals surface area contributed by atoms with Crippen LogP contribution in [0.4, 0.5) is 0 Å². The molecule has 2 aromatic rings. The van der Waals surface area contributed by atoms with E-state index in [0.29, 0.717) is 0 Å². The standard InChI is InChI=1S/C12H14N2/c1-3-4-10-5-6-12-11(7-10)8-13-9(2)14-12/h5-8H,3-4H2,1-2H3. The third kappa shape index (κ3) is 1.74. The summed E-state index contributed by atoms with van der Waals surface area (Å²) in [6.07, 6.45) is 4.21. The lowest BCUT2D eigenvalue weighted by Crippen LogP contribution is -1.89. The molecule has 0 radical (unpaired) electrons. The molecule has 0 N–H and O–H groups in total. The van der Waals surface area contributed by atoms with Crippen molar-refractivity contribution in [1.82, 2.24) is 9.97 Å². The number of hydrogen-bond donors (Lipinski definition) is 0. The molecule has 1 aromatic heterocycles. The number of hydrogen-bond acceptors (Lipinski definition) is 2. The summed E-state index contributed by atoms with van der Waals surface area (Å²) in [5, 5.41) is 1.14. The normalized spacial score (nSPS) is 10.7. The first-order valence-electron chi connectivity index (χ1n) is 5.02. The van der Waals surface area contributed by atoms with E-state index < -0.39 is 0 Å². The lowest BCUT2D eigenvalue weighted by atomic mass is 10.1. The molecule has 1 heterocycles. The van der Waals surface area contributed by atoms with Crippen molar-refractivity contribution < 1.29 is 0 Å². The van der Waals surface area contributed by atoms with Gasteiger partial charge in [-0.3, -0.25) is 0 Å². The number of benzene rings is 1. The van der Waals surface area contributed by atoms with Crippen LogP contribution in [0, 0.1) is 6.92 Å². The Morgan fingerprint density at radius 3 is 2.93 bits per heavy atom. The SMILES string of the molecule is CCCc1ccc2nc(C)ncc2c1. The van der Waals surface area contributed by atoms with Gasteiger partial charge in [-0.25, -0.2) is 9.97 Å². The van der Waals surface area contributed by atoms with Crippen LogP contribution in [0.2, 0.25) is 0 Å². The zero-order valence-corrected chi connectivity index (χ0v) is 8.62. The molecular weight excluding hydrogens is 172 g/mol. The Labute approximate surface area is 84.0 Å². The fraction of sp³-hybridized carbons (Fsp3) is 0.333. The van der Waals surface area contributed by atoms with Crippen LogP contribution in [-0.2, 0) is 6.42 Å². The summed E-state index contributed by atoms with van der Waals surface area (Å²) in [7, 11) is 0. The van der Waals surface area contributed by atoms with Crippen LogP contribution in [0.5, 0.6) is 0 Å². The Balaban J connectivity index is 2.50. The summed E-state index contributed by atoms with van der Waals surface area (Å²) in [4.78, 5) is 8.56. The molecule has 2 heteroatoms. The fourth-order valence-corrected chi connectivity index (χ4v) is 1.62. The average Bonchev–Trinajstić information content (AvgIpc) is 2.19. The lowest BCUT2D eigenvalue weighted by molar-refractivity contribution is 0.923. The van der Waals surface area contributed by atoms with Crippen molar-refractivity contribution in [2.24, 2.45) is 0 Å². The van der Waals surface area contributed by atoms with Crippen molar-refractivity contribution in [2.45, 2.75) is 26.7 Å². The summed E-state index contributed by atoms with van der Waals surface area (Å²) < 4.78 is 0. The van der Waals surface area contributed by atoms with E-state index in [1.165, 1.54) is 12.0 Å². The van der Waals surface area contributed by atoms with Gasteiger partial charge in [0.05, 0.1) is 5.52 Å². The van der Waals surface area contributed by atoms with E-state index in [1.54, 1.807) is 0 Å². The first-order valence-corrected chi connectivity index (χ1v) is 5.02. The highest BCUT2D eigenvalue weighted by Crippen LogP contribution is 2.14. The van der Waals surface area contributed by atoms with Crippen LogP contribution in [0.15, 0.2) is 24.4 Å². The molecule has 0 saturated heterocycles. The Kier molecular flexibility index (Phi) is 2.44. The second-order valence-corrected chi connectivity index (χ2v) is 3.56. The molecule has 0 aliphatic heterocycles. The predicted octanol–water partition coefficient (Wildman–Crippen LogP) is 2.89. The van der Waals surface area contributed by atoms with Crippen molar-refractivity contribution in [1.29, 1.82) is 0 Å². The highest BCUT2D eigenvalue weighted by atomic mass is 14.9. The second-order valence-electron chi connectivity index (χ2n) is 3.56. The maximum atomic E-state index is 4.37. The third-order valence-electron chi connectivity index (χ3n) is 2.30. The second kappa shape index (κ2) is 3.74. The van der Waals surface area contributed by atoms with E-state index in [-0.39, 0.29) is 0 Å². The quantitative estimate of drug-likeness (QED) is 0.720. The highest BCUT2D eigenvalue weighted by molar-refractivity contribution is 5.78. The number of aromatic nitrogens is 2. The molecule has 0 spiro atoms. The minimum atomic E-state index is 0.834. The Bertz CT molecular complexity index is 449. The van der Waals surface area contributed by atoms with Gasteiger partial charge >= 0.3 is 0 Å². The topological polar surface area (TPSA) is 25.8 Å². The van der Waals surface area contributed by atoms with Gasteiger partial charge in [0.2, 0.25) is 0 Å². The van der Waals surface area contributed by atoms with E-state index in [0.717, 1.165) is 23.1 Å². The van der Waals surface area contributed by atoms with Crippen LogP contribution in [0.25, 0.3) is 10.9 Å². The van der Waals surface area contributed by atoms with Gasteiger partial charge in [0.25, 0.3) is 0 Å².